The maximum Gasteiger partial charge on any atom is 0.252 e. The molecule has 0 radical (unpaired) electrons. The van der Waals surface area contributed by atoms with Crippen LogP contribution < -0.4 is 20.1 Å². The Morgan fingerprint density at radius 3 is 2.77 bits per heavy atom. The number of aromatic nitrogens is 1. The van der Waals surface area contributed by atoms with Crippen molar-refractivity contribution < 1.29 is 14.3 Å². The number of hydrogen-bond acceptors (Lipinski definition) is 6. The third-order valence-electron chi connectivity index (χ3n) is 6.76. The van der Waals surface area contributed by atoms with Crippen LogP contribution in [0.15, 0.2) is 48.5 Å². The van der Waals surface area contributed by atoms with E-state index in [1.54, 1.807) is 20.3 Å². The molecule has 1 aliphatic rings. The summed E-state index contributed by atoms with van der Waals surface area (Å²) in [5.41, 5.74) is 2.11. The maximum absolute atomic E-state index is 13.2. The molecule has 1 aromatic heterocycles. The van der Waals surface area contributed by atoms with Gasteiger partial charge < -0.3 is 25.0 Å². The molecule has 2 aromatic carbocycles. The van der Waals surface area contributed by atoms with Crippen molar-refractivity contribution in [2.24, 2.45) is 0 Å². The van der Waals surface area contributed by atoms with Crippen molar-refractivity contribution in [2.75, 3.05) is 39.2 Å². The molecule has 1 aliphatic heterocycles. The first-order chi connectivity index (χ1) is 17.1. The first-order valence-corrected chi connectivity index (χ1v) is 12.5. The zero-order valence-electron chi connectivity index (χ0n) is 21.0. The quantitative estimate of drug-likeness (QED) is 0.383. The number of fused-ring (bicyclic) bond motifs is 1. The van der Waals surface area contributed by atoms with Crippen molar-refractivity contribution >= 4 is 28.3 Å². The molecule has 1 unspecified atom stereocenters. The molecule has 0 aliphatic carbocycles. The van der Waals surface area contributed by atoms with Crippen LogP contribution in [0.3, 0.4) is 0 Å². The minimum absolute atomic E-state index is 0.0842. The van der Waals surface area contributed by atoms with Crippen LogP contribution in [0.25, 0.3) is 10.9 Å². The Kier molecular flexibility index (Phi) is 8.42. The van der Waals surface area contributed by atoms with Crippen LogP contribution in [0.2, 0.25) is 0 Å². The molecule has 0 spiro atoms. The standard InChI is InChI=1S/C28H36N4O3/c1-4-20-10-7-8-16-32(20)17-9-15-29-28(33)23-19-27(30-24-12-6-5-11-22(23)24)31-25-14-13-21(34-2)18-26(25)35-3/h5-6,11-14,18-20H,4,7-10,15-17H2,1-3H3,(H,29,33)(H,30,31). The predicted molar refractivity (Wildman–Crippen MR) is 141 cm³/mol. The highest BCUT2D eigenvalue weighted by atomic mass is 16.5. The first-order valence-electron chi connectivity index (χ1n) is 12.5. The topological polar surface area (TPSA) is 75.7 Å². The summed E-state index contributed by atoms with van der Waals surface area (Å²) in [6, 6.07) is 15.7. The first kappa shape index (κ1) is 24.8. The van der Waals surface area contributed by atoms with Gasteiger partial charge in [0.2, 0.25) is 0 Å². The minimum atomic E-state index is -0.0842. The van der Waals surface area contributed by atoms with E-state index in [2.05, 4.69) is 22.5 Å². The Balaban J connectivity index is 1.48. The van der Waals surface area contributed by atoms with Gasteiger partial charge in [0.05, 0.1) is 31.0 Å². The second-order valence-corrected chi connectivity index (χ2v) is 8.97. The third kappa shape index (κ3) is 6.03. The van der Waals surface area contributed by atoms with Gasteiger partial charge in [-0.3, -0.25) is 4.79 Å². The lowest BCUT2D eigenvalue weighted by Crippen LogP contribution is -2.40. The van der Waals surface area contributed by atoms with Crippen molar-refractivity contribution in [3.05, 3.63) is 54.1 Å². The monoisotopic (exact) mass is 476 g/mol. The van der Waals surface area contributed by atoms with Gasteiger partial charge in [-0.25, -0.2) is 4.98 Å². The zero-order valence-corrected chi connectivity index (χ0v) is 21.0. The SMILES string of the molecule is CCC1CCCCN1CCCNC(=O)c1cc(Nc2ccc(OC)cc2OC)nc2ccccc12. The number of nitrogens with zero attached hydrogens (tertiary/aromatic N) is 2. The number of hydrogen-bond donors (Lipinski definition) is 2. The predicted octanol–water partition coefficient (Wildman–Crippen LogP) is 5.38. The number of anilines is 2. The average Bonchev–Trinajstić information content (AvgIpc) is 2.90. The van der Waals surface area contributed by atoms with Crippen molar-refractivity contribution in [3.63, 3.8) is 0 Å². The molecule has 0 bridgehead atoms. The van der Waals surface area contributed by atoms with Gasteiger partial charge in [-0.1, -0.05) is 31.5 Å². The molecule has 1 amide bonds. The van der Waals surface area contributed by atoms with Gasteiger partial charge >= 0.3 is 0 Å². The maximum atomic E-state index is 13.2. The molecule has 3 aromatic rings. The number of nitrogens with one attached hydrogen (secondary N) is 2. The fraction of sp³-hybridized carbons (Fsp3) is 0.429. The molecule has 186 valence electrons. The van der Waals surface area contributed by atoms with Gasteiger partial charge in [-0.15, -0.1) is 0 Å². The van der Waals surface area contributed by atoms with E-state index in [1.807, 2.05) is 42.5 Å². The Hall–Kier alpha value is -3.32. The smallest absolute Gasteiger partial charge is 0.252 e. The Labute approximate surface area is 207 Å². The summed E-state index contributed by atoms with van der Waals surface area (Å²) in [7, 11) is 3.23. The van der Waals surface area contributed by atoms with E-state index in [-0.39, 0.29) is 5.91 Å². The number of ether oxygens (including phenoxy) is 2. The van der Waals surface area contributed by atoms with Crippen molar-refractivity contribution in [1.82, 2.24) is 15.2 Å². The Morgan fingerprint density at radius 2 is 1.97 bits per heavy atom. The van der Waals surface area contributed by atoms with Crippen LogP contribution in [0.4, 0.5) is 11.5 Å². The van der Waals surface area contributed by atoms with Gasteiger partial charge in [0, 0.05) is 30.6 Å². The summed E-state index contributed by atoms with van der Waals surface area (Å²) in [5.74, 6) is 1.83. The van der Waals surface area contributed by atoms with E-state index in [9.17, 15) is 4.79 Å². The van der Waals surface area contributed by atoms with Crippen LogP contribution in [0.5, 0.6) is 11.5 Å². The van der Waals surface area contributed by atoms with Crippen LogP contribution in [0.1, 0.15) is 49.4 Å². The molecular formula is C28H36N4O3. The number of rotatable bonds is 10. The Morgan fingerprint density at radius 1 is 1.11 bits per heavy atom. The summed E-state index contributed by atoms with van der Waals surface area (Å²) in [6.45, 7) is 5.12. The number of para-hydroxylation sites is 1. The number of carbonyl (C=O) groups excluding carboxylic acids is 1. The van der Waals surface area contributed by atoms with Crippen LogP contribution in [-0.4, -0.2) is 55.7 Å². The molecule has 7 heteroatoms. The fourth-order valence-electron chi connectivity index (χ4n) is 4.86. The second-order valence-electron chi connectivity index (χ2n) is 8.97. The van der Waals surface area contributed by atoms with Gasteiger partial charge in [0.1, 0.15) is 17.3 Å². The molecular weight excluding hydrogens is 440 g/mol. The van der Waals surface area contributed by atoms with Gasteiger partial charge in [-0.05, 0) is 56.5 Å². The van der Waals surface area contributed by atoms with Crippen LogP contribution in [-0.2, 0) is 0 Å². The molecule has 1 saturated heterocycles. The van der Waals surface area contributed by atoms with E-state index in [1.165, 1.54) is 32.2 Å². The number of likely N-dealkylation sites (tertiary alicyclic amines) is 1. The fourth-order valence-corrected chi connectivity index (χ4v) is 4.86. The lowest BCUT2D eigenvalue weighted by Gasteiger charge is -2.35. The molecule has 1 atom stereocenters. The van der Waals surface area contributed by atoms with Crippen molar-refractivity contribution in [3.8, 4) is 11.5 Å². The molecule has 35 heavy (non-hydrogen) atoms. The number of pyridine rings is 1. The van der Waals surface area contributed by atoms with Gasteiger partial charge in [0.15, 0.2) is 0 Å². The zero-order chi connectivity index (χ0) is 24.6. The largest absolute Gasteiger partial charge is 0.497 e. The van der Waals surface area contributed by atoms with Crippen molar-refractivity contribution in [1.29, 1.82) is 0 Å². The van der Waals surface area contributed by atoms with Gasteiger partial charge in [0.25, 0.3) is 5.91 Å². The molecule has 2 heterocycles. The number of carbonyl (C=O) groups is 1. The highest BCUT2D eigenvalue weighted by Gasteiger charge is 2.20. The van der Waals surface area contributed by atoms with Crippen molar-refractivity contribution in [2.45, 2.75) is 45.1 Å². The van der Waals surface area contributed by atoms with Crippen LogP contribution >= 0.6 is 0 Å². The number of benzene rings is 2. The minimum Gasteiger partial charge on any atom is -0.497 e. The van der Waals surface area contributed by atoms with E-state index in [4.69, 9.17) is 14.5 Å². The van der Waals surface area contributed by atoms with E-state index < -0.39 is 0 Å². The average molecular weight is 477 g/mol. The van der Waals surface area contributed by atoms with E-state index >= 15 is 0 Å². The number of methoxy groups -OCH3 is 2. The molecule has 2 N–H and O–H groups in total. The second kappa shape index (κ2) is 11.9. The highest BCUT2D eigenvalue weighted by molar-refractivity contribution is 6.07. The van der Waals surface area contributed by atoms with Gasteiger partial charge in [-0.2, -0.15) is 0 Å². The lowest BCUT2D eigenvalue weighted by atomic mass is 10.00. The molecule has 7 nitrogen and oxygen atoms in total. The normalized spacial score (nSPS) is 16.1. The highest BCUT2D eigenvalue weighted by Crippen LogP contribution is 2.32. The summed E-state index contributed by atoms with van der Waals surface area (Å²) in [5, 5.41) is 7.27. The van der Waals surface area contributed by atoms with Crippen LogP contribution in [0, 0.1) is 0 Å². The molecule has 1 fully saturated rings. The summed E-state index contributed by atoms with van der Waals surface area (Å²) >= 11 is 0. The third-order valence-corrected chi connectivity index (χ3v) is 6.76. The summed E-state index contributed by atoms with van der Waals surface area (Å²) in [4.78, 5) is 20.5. The summed E-state index contributed by atoms with van der Waals surface area (Å²) < 4.78 is 10.8. The van der Waals surface area contributed by atoms with E-state index in [0.717, 1.165) is 29.6 Å². The number of piperidine rings is 1. The molecule has 4 rings (SSSR count). The lowest BCUT2D eigenvalue weighted by molar-refractivity contribution is 0.0949. The number of amides is 1. The Bertz CT molecular complexity index is 1150. The summed E-state index contributed by atoms with van der Waals surface area (Å²) in [6.07, 6.45) is 6.05. The van der Waals surface area contributed by atoms with E-state index in [0.29, 0.717) is 35.5 Å². The molecule has 0 saturated carbocycles.